The zero-order chi connectivity index (χ0) is 17.5. The van der Waals surface area contributed by atoms with Crippen LogP contribution in [-0.4, -0.2) is 36.6 Å². The van der Waals surface area contributed by atoms with Crippen LogP contribution in [0.3, 0.4) is 0 Å². The summed E-state index contributed by atoms with van der Waals surface area (Å²) in [7, 11) is 0. The first-order chi connectivity index (χ1) is 10.7. The van der Waals surface area contributed by atoms with Gasteiger partial charge in [0.05, 0.1) is 6.61 Å². The molecule has 0 saturated carbocycles. The molecule has 23 heavy (non-hydrogen) atoms. The van der Waals surface area contributed by atoms with Crippen molar-refractivity contribution in [2.45, 2.75) is 38.9 Å². The third-order valence-corrected chi connectivity index (χ3v) is 3.36. The topological polar surface area (TPSA) is 67.8 Å². The molecule has 0 radical (unpaired) electrons. The van der Waals surface area contributed by atoms with Gasteiger partial charge in [-0.3, -0.25) is 0 Å². The van der Waals surface area contributed by atoms with E-state index in [1.54, 1.807) is 18.2 Å². The molecule has 0 aliphatic carbocycles. The van der Waals surface area contributed by atoms with E-state index >= 15 is 0 Å². The highest BCUT2D eigenvalue weighted by Crippen LogP contribution is 2.24. The number of nitrogens with one attached hydrogen (secondary N) is 1. The Labute approximate surface area is 150 Å². The van der Waals surface area contributed by atoms with Gasteiger partial charge in [0.1, 0.15) is 11.7 Å². The number of benzene rings is 1. The number of ether oxygens (including phenoxy) is 2. The number of hydrogen-bond acceptors (Lipinski definition) is 4. The summed E-state index contributed by atoms with van der Waals surface area (Å²) in [5, 5.41) is 13.2. The molecule has 0 fully saturated rings. The van der Waals surface area contributed by atoms with E-state index in [-0.39, 0.29) is 6.61 Å². The summed E-state index contributed by atoms with van der Waals surface area (Å²) in [4.78, 5) is 11.4. The van der Waals surface area contributed by atoms with E-state index in [2.05, 4.69) is 21.2 Å². The van der Waals surface area contributed by atoms with Crippen LogP contribution in [0.2, 0.25) is 5.02 Å². The third-order valence-electron chi connectivity index (χ3n) is 2.68. The second kappa shape index (κ2) is 9.47. The van der Waals surface area contributed by atoms with Crippen LogP contribution >= 0.6 is 27.5 Å². The average molecular weight is 409 g/mol. The highest BCUT2D eigenvalue weighted by atomic mass is 79.9. The van der Waals surface area contributed by atoms with Crippen LogP contribution in [0.15, 0.2) is 22.7 Å². The zero-order valence-corrected chi connectivity index (χ0v) is 15.9. The lowest BCUT2D eigenvalue weighted by Gasteiger charge is -2.19. The van der Waals surface area contributed by atoms with Gasteiger partial charge >= 0.3 is 6.09 Å². The number of carbonyl (C=O) groups excluding carboxylic acids is 1. The Hall–Kier alpha value is -0.820. The van der Waals surface area contributed by atoms with Gasteiger partial charge in [-0.15, -0.1) is 0 Å². The van der Waals surface area contributed by atoms with Crippen LogP contribution in [-0.2, 0) is 9.47 Å². The van der Waals surface area contributed by atoms with Crippen molar-refractivity contribution in [1.29, 1.82) is 0 Å². The Balaban J connectivity index is 2.18. The molecule has 1 rings (SSSR count). The van der Waals surface area contributed by atoms with Crippen molar-refractivity contribution in [2.24, 2.45) is 0 Å². The highest BCUT2D eigenvalue weighted by molar-refractivity contribution is 9.10. The first-order valence-electron chi connectivity index (χ1n) is 7.36. The lowest BCUT2D eigenvalue weighted by atomic mass is 10.1. The zero-order valence-electron chi connectivity index (χ0n) is 13.6. The summed E-state index contributed by atoms with van der Waals surface area (Å²) in [5.41, 5.74) is 0.187. The molecule has 0 heterocycles. The molecule has 0 aliphatic heterocycles. The molecule has 7 heteroatoms. The summed E-state index contributed by atoms with van der Waals surface area (Å²) in [6, 6.07) is 5.25. The van der Waals surface area contributed by atoms with E-state index in [4.69, 9.17) is 21.1 Å². The highest BCUT2D eigenvalue weighted by Gasteiger charge is 2.15. The summed E-state index contributed by atoms with van der Waals surface area (Å²) >= 11 is 9.27. The fourth-order valence-electron chi connectivity index (χ4n) is 1.74. The molecule has 0 bridgehead atoms. The molecular weight excluding hydrogens is 386 g/mol. The predicted octanol–water partition coefficient (Wildman–Crippen LogP) is 4.07. The number of alkyl carbamates (subject to hydrolysis) is 1. The van der Waals surface area contributed by atoms with Crippen molar-refractivity contribution in [3.8, 4) is 0 Å². The summed E-state index contributed by atoms with van der Waals surface area (Å²) < 4.78 is 11.3. The second-order valence-electron chi connectivity index (χ2n) is 6.08. The summed E-state index contributed by atoms with van der Waals surface area (Å²) in [6.45, 7) is 6.48. The number of aliphatic hydroxyl groups is 1. The van der Waals surface area contributed by atoms with Crippen molar-refractivity contribution in [2.75, 3.05) is 19.8 Å². The van der Waals surface area contributed by atoms with Gasteiger partial charge in [-0.2, -0.15) is 0 Å². The van der Waals surface area contributed by atoms with E-state index in [9.17, 15) is 9.90 Å². The maximum absolute atomic E-state index is 11.4. The lowest BCUT2D eigenvalue weighted by Crippen LogP contribution is -2.33. The number of amides is 1. The smallest absolute Gasteiger partial charge is 0.407 e. The Morgan fingerprint density at radius 2 is 2.09 bits per heavy atom. The third kappa shape index (κ3) is 9.15. The maximum Gasteiger partial charge on any atom is 0.407 e. The molecule has 0 spiro atoms. The van der Waals surface area contributed by atoms with Crippen molar-refractivity contribution in [3.63, 3.8) is 0 Å². The van der Waals surface area contributed by atoms with E-state index in [0.717, 1.165) is 4.47 Å². The van der Waals surface area contributed by atoms with Gasteiger partial charge in [0.15, 0.2) is 0 Å². The van der Waals surface area contributed by atoms with Crippen molar-refractivity contribution >= 4 is 33.6 Å². The molecule has 2 N–H and O–H groups in total. The quantitative estimate of drug-likeness (QED) is 0.667. The van der Waals surface area contributed by atoms with Crippen LogP contribution in [0, 0.1) is 0 Å². The first kappa shape index (κ1) is 20.2. The van der Waals surface area contributed by atoms with Crippen LogP contribution in [0.25, 0.3) is 0 Å². The molecule has 1 amide bonds. The van der Waals surface area contributed by atoms with Gasteiger partial charge in [-0.1, -0.05) is 27.5 Å². The maximum atomic E-state index is 11.4. The molecule has 0 aromatic heterocycles. The number of carbonyl (C=O) groups is 1. The van der Waals surface area contributed by atoms with Crippen molar-refractivity contribution in [3.05, 3.63) is 33.3 Å². The number of hydrogen-bond donors (Lipinski definition) is 2. The molecule has 0 aliphatic rings. The molecule has 1 atom stereocenters. The van der Waals surface area contributed by atoms with E-state index in [1.165, 1.54) is 0 Å². The number of rotatable bonds is 7. The second-order valence-corrected chi connectivity index (χ2v) is 7.43. The number of aliphatic hydroxyl groups excluding tert-OH is 1. The minimum absolute atomic E-state index is 0.166. The Kier molecular flexibility index (Phi) is 8.33. The fraction of sp³-hybridized carbons (Fsp3) is 0.562. The fourth-order valence-corrected chi connectivity index (χ4v) is 2.62. The van der Waals surface area contributed by atoms with Gasteiger partial charge in [-0.05, 0) is 51.0 Å². The molecule has 1 aromatic rings. The first-order valence-corrected chi connectivity index (χ1v) is 8.53. The van der Waals surface area contributed by atoms with E-state index < -0.39 is 17.8 Å². The summed E-state index contributed by atoms with van der Waals surface area (Å²) in [5.74, 6) is 0. The minimum Gasteiger partial charge on any atom is -0.444 e. The SMILES string of the molecule is CC(C)(C)OC(=O)NCCCOCC(O)c1cc(Cl)cc(Br)c1. The number of halogens is 2. The van der Waals surface area contributed by atoms with Gasteiger partial charge in [-0.25, -0.2) is 4.79 Å². The molecule has 0 saturated heterocycles. The van der Waals surface area contributed by atoms with E-state index in [1.807, 2.05) is 20.8 Å². The van der Waals surface area contributed by atoms with Crippen LogP contribution in [0.4, 0.5) is 4.79 Å². The monoisotopic (exact) mass is 407 g/mol. The van der Waals surface area contributed by atoms with Gasteiger partial charge in [0.25, 0.3) is 0 Å². The molecule has 1 unspecified atom stereocenters. The van der Waals surface area contributed by atoms with Crippen LogP contribution in [0.1, 0.15) is 38.9 Å². The molecule has 130 valence electrons. The lowest BCUT2D eigenvalue weighted by molar-refractivity contribution is 0.0334. The van der Waals surface area contributed by atoms with Gasteiger partial charge in [0.2, 0.25) is 0 Å². The Bertz CT molecular complexity index is 499. The standard InChI is InChI=1S/C16H23BrClNO4/c1-16(2,3)23-15(21)19-5-4-6-22-10-14(20)11-7-12(17)9-13(18)8-11/h7-9,14,20H,4-6,10H2,1-3H3,(H,19,21). The Morgan fingerprint density at radius 1 is 1.39 bits per heavy atom. The minimum atomic E-state index is -0.746. The normalized spacial score (nSPS) is 12.8. The average Bonchev–Trinajstić information content (AvgIpc) is 2.39. The van der Waals surface area contributed by atoms with E-state index in [0.29, 0.717) is 30.2 Å². The van der Waals surface area contributed by atoms with Crippen molar-refractivity contribution < 1.29 is 19.4 Å². The van der Waals surface area contributed by atoms with Crippen molar-refractivity contribution in [1.82, 2.24) is 5.32 Å². The largest absolute Gasteiger partial charge is 0.444 e. The molecule has 1 aromatic carbocycles. The van der Waals surface area contributed by atoms with Gasteiger partial charge < -0.3 is 19.9 Å². The van der Waals surface area contributed by atoms with Crippen LogP contribution < -0.4 is 5.32 Å². The Morgan fingerprint density at radius 3 is 2.70 bits per heavy atom. The molecule has 5 nitrogen and oxygen atoms in total. The van der Waals surface area contributed by atoms with Gasteiger partial charge in [0, 0.05) is 22.6 Å². The summed E-state index contributed by atoms with van der Waals surface area (Å²) in [6.07, 6.45) is -0.560. The van der Waals surface area contributed by atoms with Crippen LogP contribution in [0.5, 0.6) is 0 Å². The molecular formula is C16H23BrClNO4. The predicted molar refractivity (Wildman–Crippen MR) is 93.8 cm³/mol.